The number of nitrogens with one attached hydrogen (secondary N) is 1. The van der Waals surface area contributed by atoms with Gasteiger partial charge in [0, 0.05) is 18.3 Å². The minimum absolute atomic E-state index is 0.00970. The quantitative estimate of drug-likeness (QED) is 0.593. The average molecular weight is 447 g/mol. The van der Waals surface area contributed by atoms with Gasteiger partial charge in [-0.15, -0.1) is 0 Å². The number of esters is 1. The second kappa shape index (κ2) is 9.93. The van der Waals surface area contributed by atoms with E-state index in [1.807, 2.05) is 38.1 Å². The molecule has 0 spiro atoms. The molecule has 1 heterocycles. The predicted molar refractivity (Wildman–Crippen MR) is 115 cm³/mol. The lowest BCUT2D eigenvalue weighted by molar-refractivity contribution is -0.147. The zero-order chi connectivity index (χ0) is 22.4. The molecule has 0 fully saturated rings. The number of ether oxygens (including phenoxy) is 2. The first-order chi connectivity index (χ1) is 14.8. The Kier molecular flexibility index (Phi) is 7.29. The van der Waals surface area contributed by atoms with Gasteiger partial charge >= 0.3 is 5.97 Å². The predicted octanol–water partition coefficient (Wildman–Crippen LogP) is 2.27. The molecule has 0 saturated heterocycles. The lowest BCUT2D eigenvalue weighted by Gasteiger charge is -2.22. The number of anilines is 1. The van der Waals surface area contributed by atoms with Gasteiger partial charge in [-0.25, -0.2) is 13.1 Å². The fraction of sp³-hybridized carbons (Fsp3) is 0.364. The van der Waals surface area contributed by atoms with Crippen molar-refractivity contribution >= 4 is 27.6 Å². The summed E-state index contributed by atoms with van der Waals surface area (Å²) in [6, 6.07) is 13.6. The summed E-state index contributed by atoms with van der Waals surface area (Å²) in [5.74, 6) is -0.381. The highest BCUT2D eigenvalue weighted by atomic mass is 32.2. The van der Waals surface area contributed by atoms with Gasteiger partial charge in [-0.3, -0.25) is 9.59 Å². The second-order valence-corrected chi connectivity index (χ2v) is 8.93. The molecule has 1 unspecified atom stereocenters. The Morgan fingerprint density at radius 2 is 1.84 bits per heavy atom. The summed E-state index contributed by atoms with van der Waals surface area (Å²) in [5.41, 5.74) is 1.91. The van der Waals surface area contributed by atoms with Crippen LogP contribution < -0.4 is 14.4 Å². The van der Waals surface area contributed by atoms with E-state index in [4.69, 9.17) is 9.47 Å². The van der Waals surface area contributed by atoms with Gasteiger partial charge in [0.25, 0.3) is 5.91 Å². The highest BCUT2D eigenvalue weighted by Gasteiger charge is 2.30. The summed E-state index contributed by atoms with van der Waals surface area (Å²) < 4.78 is 37.3. The molecule has 0 radical (unpaired) electrons. The number of amides is 1. The van der Waals surface area contributed by atoms with Gasteiger partial charge in [0.05, 0.1) is 17.9 Å². The van der Waals surface area contributed by atoms with Gasteiger partial charge in [-0.05, 0) is 56.2 Å². The van der Waals surface area contributed by atoms with Crippen molar-refractivity contribution in [1.29, 1.82) is 0 Å². The molecule has 2 aromatic carbocycles. The molecule has 0 bridgehead atoms. The van der Waals surface area contributed by atoms with Crippen LogP contribution in [0.2, 0.25) is 0 Å². The standard InChI is InChI=1S/C22H26N2O6S/c1-3-29-18-8-10-19(11-9-18)31(27,28)23-13-12-22(26)30-15-21(25)24-16(2)14-17-6-4-5-7-20(17)24/h4-11,16,23H,3,12-15H2,1-2H3. The van der Waals surface area contributed by atoms with Crippen molar-refractivity contribution in [2.24, 2.45) is 0 Å². The van der Waals surface area contributed by atoms with Crippen LogP contribution >= 0.6 is 0 Å². The molecule has 1 aliphatic heterocycles. The van der Waals surface area contributed by atoms with Gasteiger partial charge in [-0.2, -0.15) is 0 Å². The fourth-order valence-corrected chi connectivity index (χ4v) is 4.51. The molecule has 0 aromatic heterocycles. The summed E-state index contributed by atoms with van der Waals surface area (Å²) in [5, 5.41) is 0. The van der Waals surface area contributed by atoms with Gasteiger partial charge in [0.1, 0.15) is 5.75 Å². The first kappa shape index (κ1) is 22.8. The fourth-order valence-electron chi connectivity index (χ4n) is 3.48. The summed E-state index contributed by atoms with van der Waals surface area (Å²) in [7, 11) is -3.76. The molecule has 0 saturated carbocycles. The zero-order valence-corrected chi connectivity index (χ0v) is 18.4. The van der Waals surface area contributed by atoms with E-state index < -0.39 is 16.0 Å². The SMILES string of the molecule is CCOc1ccc(S(=O)(=O)NCCC(=O)OCC(=O)N2c3ccccc3CC2C)cc1. The van der Waals surface area contributed by atoms with Crippen LogP contribution in [0.25, 0.3) is 0 Å². The number of carbonyl (C=O) groups excluding carboxylic acids is 2. The average Bonchev–Trinajstić information content (AvgIpc) is 3.08. The van der Waals surface area contributed by atoms with Crippen LogP contribution in [0, 0.1) is 0 Å². The molecule has 0 aliphatic carbocycles. The van der Waals surface area contributed by atoms with E-state index in [0.29, 0.717) is 12.4 Å². The summed E-state index contributed by atoms with van der Waals surface area (Å²) in [4.78, 5) is 26.2. The van der Waals surface area contributed by atoms with Crippen molar-refractivity contribution in [3.8, 4) is 5.75 Å². The Hall–Kier alpha value is -2.91. The first-order valence-electron chi connectivity index (χ1n) is 10.1. The largest absolute Gasteiger partial charge is 0.494 e. The highest BCUT2D eigenvalue weighted by molar-refractivity contribution is 7.89. The van der Waals surface area contributed by atoms with Crippen LogP contribution in [-0.2, 0) is 30.8 Å². The number of fused-ring (bicyclic) bond motifs is 1. The van der Waals surface area contributed by atoms with E-state index in [2.05, 4.69) is 4.72 Å². The van der Waals surface area contributed by atoms with Crippen molar-refractivity contribution in [3.63, 3.8) is 0 Å². The molecule has 166 valence electrons. The number of para-hydroxylation sites is 1. The topological polar surface area (TPSA) is 102 Å². The van der Waals surface area contributed by atoms with E-state index in [9.17, 15) is 18.0 Å². The molecule has 3 rings (SSSR count). The Labute approximate surface area is 182 Å². The van der Waals surface area contributed by atoms with Gasteiger partial charge in [-0.1, -0.05) is 18.2 Å². The first-order valence-corrected chi connectivity index (χ1v) is 11.6. The number of hydrogen-bond acceptors (Lipinski definition) is 6. The number of hydrogen-bond donors (Lipinski definition) is 1. The van der Waals surface area contributed by atoms with Gasteiger partial charge < -0.3 is 14.4 Å². The van der Waals surface area contributed by atoms with Crippen molar-refractivity contribution in [2.45, 2.75) is 37.6 Å². The maximum atomic E-state index is 12.5. The molecule has 1 N–H and O–H groups in total. The third-order valence-corrected chi connectivity index (χ3v) is 6.38. The lowest BCUT2D eigenvalue weighted by atomic mass is 10.1. The highest BCUT2D eigenvalue weighted by Crippen LogP contribution is 2.31. The van der Waals surface area contributed by atoms with Crippen LogP contribution in [0.4, 0.5) is 5.69 Å². The van der Waals surface area contributed by atoms with Crippen LogP contribution in [0.15, 0.2) is 53.4 Å². The second-order valence-electron chi connectivity index (χ2n) is 7.16. The van der Waals surface area contributed by atoms with Crippen LogP contribution in [0.3, 0.4) is 0 Å². The van der Waals surface area contributed by atoms with Crippen LogP contribution in [0.5, 0.6) is 5.75 Å². The third-order valence-electron chi connectivity index (χ3n) is 4.90. The van der Waals surface area contributed by atoms with Crippen LogP contribution in [-0.4, -0.2) is 46.1 Å². The molecule has 1 atom stereocenters. The van der Waals surface area contributed by atoms with Crippen LogP contribution in [0.1, 0.15) is 25.8 Å². The monoisotopic (exact) mass is 446 g/mol. The van der Waals surface area contributed by atoms with Crippen molar-refractivity contribution in [1.82, 2.24) is 4.72 Å². The number of benzene rings is 2. The zero-order valence-electron chi connectivity index (χ0n) is 17.5. The lowest BCUT2D eigenvalue weighted by Crippen LogP contribution is -2.39. The number of rotatable bonds is 9. The van der Waals surface area contributed by atoms with E-state index in [1.165, 1.54) is 12.1 Å². The Morgan fingerprint density at radius 3 is 2.55 bits per heavy atom. The van der Waals surface area contributed by atoms with Gasteiger partial charge in [0.2, 0.25) is 10.0 Å². The molecule has 8 nitrogen and oxygen atoms in total. The van der Waals surface area contributed by atoms with Crippen molar-refractivity contribution in [2.75, 3.05) is 24.7 Å². The maximum absolute atomic E-state index is 12.5. The summed E-state index contributed by atoms with van der Waals surface area (Å²) in [6.07, 6.45) is 0.568. The minimum Gasteiger partial charge on any atom is -0.494 e. The van der Waals surface area contributed by atoms with E-state index >= 15 is 0 Å². The van der Waals surface area contributed by atoms with Crippen molar-refractivity contribution < 1.29 is 27.5 Å². The maximum Gasteiger partial charge on any atom is 0.307 e. The van der Waals surface area contributed by atoms with E-state index in [0.717, 1.165) is 17.7 Å². The van der Waals surface area contributed by atoms with Crippen molar-refractivity contribution in [3.05, 3.63) is 54.1 Å². The minimum atomic E-state index is -3.76. The molecule has 9 heteroatoms. The number of sulfonamides is 1. The number of carbonyl (C=O) groups is 2. The smallest absolute Gasteiger partial charge is 0.307 e. The Morgan fingerprint density at radius 1 is 1.13 bits per heavy atom. The summed E-state index contributed by atoms with van der Waals surface area (Å²) in [6.45, 7) is 3.74. The number of nitrogens with zero attached hydrogens (tertiary/aromatic N) is 1. The molecule has 1 aliphatic rings. The van der Waals surface area contributed by atoms with E-state index in [1.54, 1.807) is 17.0 Å². The Balaban J connectivity index is 1.45. The normalized spacial score (nSPS) is 15.4. The van der Waals surface area contributed by atoms with E-state index in [-0.39, 0.29) is 36.4 Å². The molecule has 2 aromatic rings. The van der Waals surface area contributed by atoms with Gasteiger partial charge in [0.15, 0.2) is 6.61 Å². The third kappa shape index (κ3) is 5.62. The summed E-state index contributed by atoms with van der Waals surface area (Å²) >= 11 is 0. The molecule has 1 amide bonds. The molecular formula is C22H26N2O6S. The molecule has 31 heavy (non-hydrogen) atoms. The molecular weight excluding hydrogens is 420 g/mol. The Bertz CT molecular complexity index is 1040.